The van der Waals surface area contributed by atoms with Crippen molar-refractivity contribution in [3.05, 3.63) is 89.5 Å². The summed E-state index contributed by atoms with van der Waals surface area (Å²) in [6, 6.07) is 21.0. The van der Waals surface area contributed by atoms with Crippen LogP contribution in [0, 0.1) is 34.3 Å². The summed E-state index contributed by atoms with van der Waals surface area (Å²) in [6.45, 7) is 0. The van der Waals surface area contributed by atoms with Crippen LogP contribution in [0.25, 0.3) is 34.2 Å². The molecule has 0 saturated heterocycles. The van der Waals surface area contributed by atoms with Crippen molar-refractivity contribution in [3.8, 4) is 46.3 Å². The second kappa shape index (κ2) is 7.86. The zero-order chi connectivity index (χ0) is 21.1. The average Bonchev–Trinajstić information content (AvgIpc) is 2.79. The van der Waals surface area contributed by atoms with Crippen LogP contribution in [0.1, 0.15) is 11.1 Å². The number of rotatable bonds is 3. The van der Waals surface area contributed by atoms with Crippen LogP contribution < -0.4 is 0 Å². The molecule has 0 aliphatic rings. The molecule has 30 heavy (non-hydrogen) atoms. The Hall–Kier alpha value is -4.49. The first-order chi connectivity index (χ1) is 14.6. The monoisotopic (exact) mass is 395 g/mol. The van der Waals surface area contributed by atoms with Crippen molar-refractivity contribution in [2.75, 3.05) is 0 Å². The lowest BCUT2D eigenvalue weighted by Crippen LogP contribution is -2.03. The summed E-state index contributed by atoms with van der Waals surface area (Å²) in [5.74, 6) is -1.44. The van der Waals surface area contributed by atoms with E-state index in [2.05, 4.69) is 15.0 Å². The number of hydrogen-bond donors (Lipinski definition) is 0. The van der Waals surface area contributed by atoms with Crippen molar-refractivity contribution >= 4 is 0 Å². The Morgan fingerprint density at radius 2 is 1.03 bits per heavy atom. The topological polar surface area (TPSA) is 86.2 Å². The Kier molecular flexibility index (Phi) is 4.94. The minimum absolute atomic E-state index is 0.00766. The number of nitriles is 2. The molecule has 3 aromatic carbocycles. The minimum atomic E-state index is -0.776. The van der Waals surface area contributed by atoms with Crippen molar-refractivity contribution in [2.45, 2.75) is 0 Å². The summed E-state index contributed by atoms with van der Waals surface area (Å²) in [5.41, 5.74) is 0.288. The molecule has 0 saturated carbocycles. The van der Waals surface area contributed by atoms with E-state index in [-0.39, 0.29) is 39.7 Å². The molecule has 0 radical (unpaired) electrons. The van der Waals surface area contributed by atoms with Gasteiger partial charge in [0.2, 0.25) is 0 Å². The van der Waals surface area contributed by atoms with Gasteiger partial charge in [0.15, 0.2) is 29.1 Å². The third-order valence-corrected chi connectivity index (χ3v) is 4.39. The number of hydrogen-bond acceptors (Lipinski definition) is 5. The molecule has 1 aromatic heterocycles. The van der Waals surface area contributed by atoms with Crippen molar-refractivity contribution in [1.82, 2.24) is 15.0 Å². The standard InChI is InChI=1S/C23H11F2N5/c24-19-15(12-26)8-4-10-17(19)22-28-21(14-6-2-1-3-7-14)29-23(30-22)18-11-5-9-16(13-27)20(18)25/h1-11H. The first-order valence-corrected chi connectivity index (χ1v) is 8.82. The van der Waals surface area contributed by atoms with Crippen molar-refractivity contribution in [3.63, 3.8) is 0 Å². The maximum Gasteiger partial charge on any atom is 0.167 e. The highest BCUT2D eigenvalue weighted by Crippen LogP contribution is 2.28. The van der Waals surface area contributed by atoms with Gasteiger partial charge in [-0.1, -0.05) is 42.5 Å². The van der Waals surface area contributed by atoms with Crippen molar-refractivity contribution in [2.24, 2.45) is 0 Å². The van der Waals surface area contributed by atoms with Gasteiger partial charge in [0.05, 0.1) is 22.3 Å². The summed E-state index contributed by atoms with van der Waals surface area (Å²) < 4.78 is 29.6. The molecule has 0 fully saturated rings. The fraction of sp³-hybridized carbons (Fsp3) is 0. The van der Waals surface area contributed by atoms with Crippen LogP contribution in [0.4, 0.5) is 8.78 Å². The SMILES string of the molecule is N#Cc1cccc(-c2nc(-c3ccccc3)nc(-c3cccc(C#N)c3F)n2)c1F. The Labute approximate surface area is 170 Å². The van der Waals surface area contributed by atoms with Crippen LogP contribution in [-0.2, 0) is 0 Å². The van der Waals surface area contributed by atoms with E-state index in [1.807, 2.05) is 6.07 Å². The highest BCUT2D eigenvalue weighted by Gasteiger charge is 2.19. The molecule has 5 nitrogen and oxygen atoms in total. The third kappa shape index (κ3) is 3.36. The number of nitrogens with zero attached hydrogens (tertiary/aromatic N) is 5. The molecule has 0 bridgehead atoms. The van der Waals surface area contributed by atoms with Crippen LogP contribution in [-0.4, -0.2) is 15.0 Å². The molecule has 1 heterocycles. The van der Waals surface area contributed by atoms with Crippen LogP contribution in [0.15, 0.2) is 66.7 Å². The molecule has 0 aliphatic carbocycles. The van der Waals surface area contributed by atoms with E-state index in [1.165, 1.54) is 36.4 Å². The third-order valence-electron chi connectivity index (χ3n) is 4.39. The molecule has 0 aliphatic heterocycles. The number of benzene rings is 3. The Balaban J connectivity index is 2.00. The van der Waals surface area contributed by atoms with E-state index in [0.29, 0.717) is 5.56 Å². The summed E-state index contributed by atoms with van der Waals surface area (Å²) >= 11 is 0. The maximum atomic E-state index is 14.8. The smallest absolute Gasteiger partial charge is 0.167 e. The summed E-state index contributed by atoms with van der Waals surface area (Å²) in [4.78, 5) is 12.9. The number of aromatic nitrogens is 3. The Bertz CT molecular complexity index is 1260. The first-order valence-electron chi connectivity index (χ1n) is 8.82. The Morgan fingerprint density at radius 1 is 0.567 bits per heavy atom. The van der Waals surface area contributed by atoms with Crippen LogP contribution >= 0.6 is 0 Å². The van der Waals surface area contributed by atoms with Gasteiger partial charge in [-0.05, 0) is 24.3 Å². The lowest BCUT2D eigenvalue weighted by atomic mass is 10.1. The molecule has 7 heteroatoms. The molecule has 0 spiro atoms. The predicted octanol–water partition coefficient (Wildman–Crippen LogP) is 4.89. The normalized spacial score (nSPS) is 10.3. The molecule has 0 atom stereocenters. The first kappa shape index (κ1) is 18.9. The van der Waals surface area contributed by atoms with Crippen LogP contribution in [0.3, 0.4) is 0 Å². The van der Waals surface area contributed by atoms with Crippen LogP contribution in [0.2, 0.25) is 0 Å². The summed E-state index contributed by atoms with van der Waals surface area (Å²) in [5, 5.41) is 18.3. The summed E-state index contributed by atoms with van der Waals surface area (Å²) in [6.07, 6.45) is 0. The van der Waals surface area contributed by atoms with Crippen molar-refractivity contribution in [1.29, 1.82) is 10.5 Å². The largest absolute Gasteiger partial charge is 0.208 e. The lowest BCUT2D eigenvalue weighted by molar-refractivity contribution is 0.624. The average molecular weight is 395 g/mol. The Morgan fingerprint density at radius 3 is 1.50 bits per heavy atom. The molecule has 0 unspecified atom stereocenters. The molecule has 0 amide bonds. The van der Waals surface area contributed by atoms with Gasteiger partial charge >= 0.3 is 0 Å². The zero-order valence-electron chi connectivity index (χ0n) is 15.3. The molecular weight excluding hydrogens is 384 g/mol. The van der Waals surface area contributed by atoms with Crippen molar-refractivity contribution < 1.29 is 8.78 Å². The van der Waals surface area contributed by atoms with Gasteiger partial charge in [-0.3, -0.25) is 0 Å². The minimum Gasteiger partial charge on any atom is -0.208 e. The van der Waals surface area contributed by atoms with Gasteiger partial charge in [-0.15, -0.1) is 0 Å². The molecule has 4 rings (SSSR count). The second-order valence-corrected chi connectivity index (χ2v) is 6.23. The zero-order valence-corrected chi connectivity index (χ0v) is 15.3. The van der Waals surface area contributed by atoms with E-state index in [0.717, 1.165) is 0 Å². The van der Waals surface area contributed by atoms with Crippen LogP contribution in [0.5, 0.6) is 0 Å². The maximum absolute atomic E-state index is 14.8. The molecule has 0 N–H and O–H groups in total. The molecule has 4 aromatic rings. The van der Waals surface area contributed by atoms with Gasteiger partial charge < -0.3 is 0 Å². The van der Waals surface area contributed by atoms with Gasteiger partial charge in [0, 0.05) is 5.56 Å². The second-order valence-electron chi connectivity index (χ2n) is 6.23. The van der Waals surface area contributed by atoms with E-state index in [1.54, 1.807) is 36.4 Å². The van der Waals surface area contributed by atoms with Gasteiger partial charge in [-0.2, -0.15) is 10.5 Å². The van der Waals surface area contributed by atoms with Gasteiger partial charge in [0.25, 0.3) is 0 Å². The fourth-order valence-electron chi connectivity index (χ4n) is 2.92. The molecular formula is C23H11F2N5. The lowest BCUT2D eigenvalue weighted by Gasteiger charge is -2.10. The highest BCUT2D eigenvalue weighted by atomic mass is 19.1. The van der Waals surface area contributed by atoms with Gasteiger partial charge in [-0.25, -0.2) is 23.7 Å². The summed E-state index contributed by atoms with van der Waals surface area (Å²) in [7, 11) is 0. The quantitative estimate of drug-likeness (QED) is 0.493. The fourth-order valence-corrected chi connectivity index (χ4v) is 2.92. The van der Waals surface area contributed by atoms with E-state index >= 15 is 0 Å². The van der Waals surface area contributed by atoms with E-state index in [9.17, 15) is 8.78 Å². The van der Waals surface area contributed by atoms with Gasteiger partial charge in [0.1, 0.15) is 12.1 Å². The highest BCUT2D eigenvalue weighted by molar-refractivity contribution is 5.68. The van der Waals surface area contributed by atoms with E-state index < -0.39 is 11.6 Å². The number of halogens is 2. The van der Waals surface area contributed by atoms with E-state index in [4.69, 9.17) is 10.5 Å². The molecule has 142 valence electrons. The predicted molar refractivity (Wildman–Crippen MR) is 105 cm³/mol.